The van der Waals surface area contributed by atoms with Crippen LogP contribution in [0.15, 0.2) is 12.1 Å². The van der Waals surface area contributed by atoms with E-state index >= 15 is 0 Å². The van der Waals surface area contributed by atoms with Crippen LogP contribution in [0.5, 0.6) is 0 Å². The van der Waals surface area contributed by atoms with Crippen molar-refractivity contribution in [2.75, 3.05) is 0 Å². The summed E-state index contributed by atoms with van der Waals surface area (Å²) < 4.78 is 0. The molecule has 0 saturated carbocycles. The van der Waals surface area contributed by atoms with E-state index in [2.05, 4.69) is 17.8 Å². The molecular formula is C13H5ClO. The van der Waals surface area contributed by atoms with Gasteiger partial charge in [-0.15, -0.1) is 19.3 Å². The van der Waals surface area contributed by atoms with E-state index in [1.165, 1.54) is 12.1 Å². The number of rotatable bonds is 1. The van der Waals surface area contributed by atoms with Crippen LogP contribution < -0.4 is 0 Å². The van der Waals surface area contributed by atoms with E-state index in [4.69, 9.17) is 30.9 Å². The quantitative estimate of drug-likeness (QED) is 0.514. The van der Waals surface area contributed by atoms with Crippen molar-refractivity contribution in [3.8, 4) is 37.0 Å². The van der Waals surface area contributed by atoms with Crippen molar-refractivity contribution < 1.29 is 4.79 Å². The number of terminal acetylenes is 3. The van der Waals surface area contributed by atoms with Crippen molar-refractivity contribution in [3.63, 3.8) is 0 Å². The van der Waals surface area contributed by atoms with Crippen molar-refractivity contribution in [2.24, 2.45) is 0 Å². The molecule has 0 radical (unpaired) electrons. The Morgan fingerprint density at radius 3 is 1.80 bits per heavy atom. The molecule has 1 rings (SSSR count). The van der Waals surface area contributed by atoms with Gasteiger partial charge < -0.3 is 0 Å². The summed E-state index contributed by atoms with van der Waals surface area (Å²) in [5.41, 5.74) is 1.31. The fraction of sp³-hybridized carbons (Fsp3) is 0. The van der Waals surface area contributed by atoms with Gasteiger partial charge >= 0.3 is 0 Å². The molecular weight excluding hydrogens is 208 g/mol. The highest BCUT2D eigenvalue weighted by Gasteiger charge is 2.13. The second-order valence-corrected chi connectivity index (χ2v) is 3.00. The lowest BCUT2D eigenvalue weighted by Gasteiger charge is -2.04. The minimum atomic E-state index is -0.681. The number of hydrogen-bond acceptors (Lipinski definition) is 1. The molecule has 1 aromatic carbocycles. The lowest BCUT2D eigenvalue weighted by atomic mass is 9.99. The van der Waals surface area contributed by atoms with Crippen LogP contribution in [0, 0.1) is 37.0 Å². The molecule has 0 saturated heterocycles. The van der Waals surface area contributed by atoms with Gasteiger partial charge in [0.2, 0.25) is 0 Å². The largest absolute Gasteiger partial charge is 0.276 e. The molecule has 0 N–H and O–H groups in total. The summed E-state index contributed by atoms with van der Waals surface area (Å²) >= 11 is 5.38. The first-order valence-corrected chi connectivity index (χ1v) is 4.29. The average molecular weight is 213 g/mol. The van der Waals surface area contributed by atoms with Gasteiger partial charge in [-0.1, -0.05) is 17.8 Å². The third kappa shape index (κ3) is 2.03. The van der Waals surface area contributed by atoms with Crippen LogP contribution in [0.4, 0.5) is 0 Å². The first-order chi connectivity index (χ1) is 7.13. The molecule has 0 bridgehead atoms. The lowest BCUT2D eigenvalue weighted by Crippen LogP contribution is -2.00. The van der Waals surface area contributed by atoms with E-state index in [-0.39, 0.29) is 5.56 Å². The Kier molecular flexibility index (Phi) is 3.20. The summed E-state index contributed by atoms with van der Waals surface area (Å²) in [4.78, 5) is 11.1. The van der Waals surface area contributed by atoms with Gasteiger partial charge in [-0.05, 0) is 23.7 Å². The summed E-state index contributed by atoms with van der Waals surface area (Å²) in [5.74, 6) is 7.06. The lowest BCUT2D eigenvalue weighted by molar-refractivity contribution is 0.108. The number of halogens is 1. The van der Waals surface area contributed by atoms with Crippen LogP contribution in [0.3, 0.4) is 0 Å². The smallest absolute Gasteiger partial charge is 0.254 e. The van der Waals surface area contributed by atoms with Gasteiger partial charge in [-0.3, -0.25) is 4.79 Å². The Morgan fingerprint density at radius 2 is 1.53 bits per heavy atom. The summed E-state index contributed by atoms with van der Waals surface area (Å²) in [5, 5.41) is -0.681. The molecule has 15 heavy (non-hydrogen) atoms. The SMILES string of the molecule is C#Cc1cc(C#C)c(C(=O)Cl)c(C#C)c1. The zero-order valence-electron chi connectivity index (χ0n) is 7.67. The van der Waals surface area contributed by atoms with Crippen molar-refractivity contribution >= 4 is 16.8 Å². The Balaban J connectivity index is 3.67. The molecule has 0 atom stereocenters. The predicted molar refractivity (Wildman–Crippen MR) is 60.4 cm³/mol. The average Bonchev–Trinajstić information content (AvgIpc) is 2.26. The molecule has 0 heterocycles. The highest BCUT2D eigenvalue weighted by Crippen LogP contribution is 2.18. The van der Waals surface area contributed by atoms with Crippen LogP contribution >= 0.6 is 11.6 Å². The van der Waals surface area contributed by atoms with Crippen LogP contribution in [-0.2, 0) is 0 Å². The van der Waals surface area contributed by atoms with Crippen molar-refractivity contribution in [3.05, 3.63) is 34.4 Å². The fourth-order valence-corrected chi connectivity index (χ4v) is 1.37. The maximum Gasteiger partial charge on any atom is 0.254 e. The monoisotopic (exact) mass is 212 g/mol. The summed E-state index contributed by atoms with van der Waals surface area (Å²) in [6.07, 6.45) is 15.7. The maximum atomic E-state index is 11.1. The van der Waals surface area contributed by atoms with E-state index in [1.54, 1.807) is 0 Å². The standard InChI is InChI=1S/C13H5ClO/c1-4-9-7-10(5-2)12(13(14)15)11(6-3)8-9/h1-3,7-8H. The van der Waals surface area contributed by atoms with E-state index < -0.39 is 5.24 Å². The second kappa shape index (κ2) is 4.39. The first kappa shape index (κ1) is 10.9. The summed E-state index contributed by atoms with van der Waals surface area (Å²) in [6, 6.07) is 3.05. The van der Waals surface area contributed by atoms with Crippen LogP contribution in [0.2, 0.25) is 0 Å². The molecule has 0 unspecified atom stereocenters. The van der Waals surface area contributed by atoms with Crippen LogP contribution in [-0.4, -0.2) is 5.24 Å². The first-order valence-electron chi connectivity index (χ1n) is 3.91. The highest BCUT2D eigenvalue weighted by molar-refractivity contribution is 6.68. The minimum absolute atomic E-state index is 0.153. The zero-order valence-corrected chi connectivity index (χ0v) is 8.43. The van der Waals surface area contributed by atoms with Gasteiger partial charge in [0.1, 0.15) is 0 Å². The van der Waals surface area contributed by atoms with Crippen LogP contribution in [0.25, 0.3) is 0 Å². The van der Waals surface area contributed by atoms with E-state index in [9.17, 15) is 4.79 Å². The molecule has 70 valence electrons. The molecule has 0 amide bonds. The van der Waals surface area contributed by atoms with Gasteiger partial charge in [-0.25, -0.2) is 0 Å². The van der Waals surface area contributed by atoms with Crippen LogP contribution in [0.1, 0.15) is 27.0 Å². The molecule has 1 nitrogen and oxygen atoms in total. The van der Waals surface area contributed by atoms with E-state index in [0.717, 1.165) is 0 Å². The molecule has 0 aliphatic carbocycles. The third-order valence-corrected chi connectivity index (χ3v) is 2.00. The Bertz CT molecular complexity index is 512. The van der Waals surface area contributed by atoms with Gasteiger partial charge in [-0.2, -0.15) is 0 Å². The van der Waals surface area contributed by atoms with Crippen molar-refractivity contribution in [1.29, 1.82) is 0 Å². The fourth-order valence-electron chi connectivity index (χ4n) is 1.16. The van der Waals surface area contributed by atoms with Gasteiger partial charge in [0, 0.05) is 16.7 Å². The molecule has 0 spiro atoms. The molecule has 1 aromatic rings. The van der Waals surface area contributed by atoms with Crippen molar-refractivity contribution in [1.82, 2.24) is 0 Å². The minimum Gasteiger partial charge on any atom is -0.276 e. The normalized spacial score (nSPS) is 8.40. The Morgan fingerprint density at radius 1 is 1.07 bits per heavy atom. The van der Waals surface area contributed by atoms with Gasteiger partial charge in [0.05, 0.1) is 5.56 Å². The molecule has 0 aliphatic rings. The van der Waals surface area contributed by atoms with Gasteiger partial charge in [0.15, 0.2) is 0 Å². The van der Waals surface area contributed by atoms with E-state index in [0.29, 0.717) is 16.7 Å². The molecule has 0 fully saturated rings. The molecule has 2 heteroatoms. The zero-order chi connectivity index (χ0) is 11.4. The summed E-state index contributed by atoms with van der Waals surface area (Å²) in [7, 11) is 0. The number of carbonyl (C=O) groups excluding carboxylic acids is 1. The van der Waals surface area contributed by atoms with Gasteiger partial charge in [0.25, 0.3) is 5.24 Å². The summed E-state index contributed by atoms with van der Waals surface area (Å²) in [6.45, 7) is 0. The number of benzene rings is 1. The Hall–Kier alpha value is -2.14. The highest BCUT2D eigenvalue weighted by atomic mass is 35.5. The number of carbonyl (C=O) groups is 1. The number of hydrogen-bond donors (Lipinski definition) is 0. The predicted octanol–water partition coefficient (Wildman–Crippen LogP) is 2.01. The maximum absolute atomic E-state index is 11.1. The third-order valence-electron chi connectivity index (χ3n) is 1.81. The Labute approximate surface area is 93.4 Å². The molecule has 0 aliphatic heterocycles. The van der Waals surface area contributed by atoms with Crippen molar-refractivity contribution in [2.45, 2.75) is 0 Å². The van der Waals surface area contributed by atoms with E-state index in [1.807, 2.05) is 0 Å². The topological polar surface area (TPSA) is 17.1 Å². The molecule has 0 aromatic heterocycles. The second-order valence-electron chi connectivity index (χ2n) is 2.65.